The van der Waals surface area contributed by atoms with Crippen molar-refractivity contribution in [2.24, 2.45) is 11.8 Å². The molecule has 128 valence electrons. The number of hydrogen-bond acceptors (Lipinski definition) is 2. The number of piperidine rings is 1. The quantitative estimate of drug-likeness (QED) is 0.770. The highest BCUT2D eigenvalue weighted by atomic mass is 35.5. The van der Waals surface area contributed by atoms with E-state index in [4.69, 9.17) is 23.2 Å². The zero-order chi connectivity index (χ0) is 16.8. The van der Waals surface area contributed by atoms with Gasteiger partial charge in [0, 0.05) is 12.1 Å². The van der Waals surface area contributed by atoms with E-state index in [9.17, 15) is 4.79 Å². The van der Waals surface area contributed by atoms with Crippen LogP contribution in [0.4, 0.5) is 5.69 Å². The summed E-state index contributed by atoms with van der Waals surface area (Å²) in [4.78, 5) is 14.8. The molecule has 1 atom stereocenters. The van der Waals surface area contributed by atoms with E-state index in [-0.39, 0.29) is 5.91 Å². The van der Waals surface area contributed by atoms with Crippen molar-refractivity contribution in [1.29, 1.82) is 0 Å². The summed E-state index contributed by atoms with van der Waals surface area (Å²) in [6.45, 7) is 4.47. The molecule has 1 aromatic carbocycles. The molecule has 1 N–H and O–H groups in total. The molecule has 0 saturated carbocycles. The fourth-order valence-electron chi connectivity index (χ4n) is 3.40. The lowest BCUT2D eigenvalue weighted by Crippen LogP contribution is -2.34. The summed E-state index contributed by atoms with van der Waals surface area (Å²) in [6.07, 6.45) is 5.21. The van der Waals surface area contributed by atoms with Crippen molar-refractivity contribution in [2.45, 2.75) is 39.0 Å². The van der Waals surface area contributed by atoms with Gasteiger partial charge in [-0.1, -0.05) is 36.5 Å². The monoisotopic (exact) mass is 356 g/mol. The molecule has 1 heterocycles. The summed E-state index contributed by atoms with van der Waals surface area (Å²) in [7, 11) is 2.17. The fraction of sp³-hybridized carbons (Fsp3) is 0.611. The van der Waals surface area contributed by atoms with Crippen molar-refractivity contribution in [3.05, 3.63) is 28.2 Å². The van der Waals surface area contributed by atoms with Gasteiger partial charge in [-0.3, -0.25) is 4.79 Å². The lowest BCUT2D eigenvalue weighted by Gasteiger charge is -2.34. The van der Waals surface area contributed by atoms with E-state index in [1.54, 1.807) is 18.2 Å². The number of amides is 1. The first kappa shape index (κ1) is 18.6. The molecule has 1 aromatic rings. The molecule has 1 amide bonds. The number of halogens is 2. The van der Waals surface area contributed by atoms with Crippen molar-refractivity contribution in [3.63, 3.8) is 0 Å². The lowest BCUT2D eigenvalue weighted by atomic mass is 9.80. The largest absolute Gasteiger partial charge is 0.326 e. The second-order valence-electron chi connectivity index (χ2n) is 6.57. The lowest BCUT2D eigenvalue weighted by molar-refractivity contribution is -0.117. The van der Waals surface area contributed by atoms with Crippen molar-refractivity contribution < 1.29 is 4.79 Å². The molecule has 1 saturated heterocycles. The van der Waals surface area contributed by atoms with Gasteiger partial charge in [-0.2, -0.15) is 0 Å². The van der Waals surface area contributed by atoms with Gasteiger partial charge in [0.15, 0.2) is 0 Å². The zero-order valence-electron chi connectivity index (χ0n) is 13.9. The fourth-order valence-corrected chi connectivity index (χ4v) is 3.70. The molecule has 0 radical (unpaired) electrons. The minimum absolute atomic E-state index is 0.0702. The molecule has 1 aliphatic heterocycles. The van der Waals surface area contributed by atoms with Crippen LogP contribution < -0.4 is 5.32 Å². The van der Waals surface area contributed by atoms with Gasteiger partial charge in [0.2, 0.25) is 5.91 Å². The molecule has 1 aliphatic rings. The normalized spacial score (nSPS) is 17.9. The van der Waals surface area contributed by atoms with E-state index >= 15 is 0 Å². The summed E-state index contributed by atoms with van der Waals surface area (Å²) in [5.41, 5.74) is 0.711. The van der Waals surface area contributed by atoms with Gasteiger partial charge < -0.3 is 10.2 Å². The highest BCUT2D eigenvalue weighted by Crippen LogP contribution is 2.31. The number of hydrogen-bond donors (Lipinski definition) is 1. The van der Waals surface area contributed by atoms with E-state index in [1.165, 1.54) is 12.8 Å². The van der Waals surface area contributed by atoms with Crippen LogP contribution in [0.2, 0.25) is 10.0 Å². The third-order valence-corrected chi connectivity index (χ3v) is 5.48. The van der Waals surface area contributed by atoms with Gasteiger partial charge >= 0.3 is 0 Å². The topological polar surface area (TPSA) is 32.3 Å². The Morgan fingerprint density at radius 1 is 1.30 bits per heavy atom. The number of carbonyl (C=O) groups excluding carboxylic acids is 1. The van der Waals surface area contributed by atoms with Crippen LogP contribution in [0.15, 0.2) is 18.2 Å². The first-order chi connectivity index (χ1) is 11.0. The minimum Gasteiger partial charge on any atom is -0.326 e. The Bertz CT molecular complexity index is 528. The number of anilines is 1. The molecule has 0 aliphatic carbocycles. The van der Waals surface area contributed by atoms with E-state index in [0.29, 0.717) is 34.0 Å². The number of rotatable bonds is 6. The number of benzene rings is 1. The Kier molecular flexibility index (Phi) is 7.19. The smallest absolute Gasteiger partial charge is 0.224 e. The average molecular weight is 357 g/mol. The highest BCUT2D eigenvalue weighted by Gasteiger charge is 2.26. The Morgan fingerprint density at radius 3 is 2.61 bits per heavy atom. The summed E-state index contributed by atoms with van der Waals surface area (Å²) in [5.74, 6) is 1.20. The number of nitrogens with zero attached hydrogens (tertiary/aromatic N) is 1. The van der Waals surface area contributed by atoms with Crippen LogP contribution >= 0.6 is 23.2 Å². The van der Waals surface area contributed by atoms with Gasteiger partial charge in [0.1, 0.15) is 0 Å². The molecule has 1 unspecified atom stereocenters. The second-order valence-corrected chi connectivity index (χ2v) is 7.39. The van der Waals surface area contributed by atoms with E-state index in [2.05, 4.69) is 24.2 Å². The standard InChI is InChI=1S/C18H26Cl2N2O/c1-3-4-14(13-7-9-22(2)10-8-13)11-18(23)21-15-5-6-16(19)17(20)12-15/h5-6,12-14H,3-4,7-11H2,1-2H3,(H,21,23). The number of nitrogens with one attached hydrogen (secondary N) is 1. The second kappa shape index (κ2) is 8.91. The molecular formula is C18H26Cl2N2O. The van der Waals surface area contributed by atoms with Crippen LogP contribution in [-0.4, -0.2) is 30.9 Å². The van der Waals surface area contributed by atoms with Crippen LogP contribution in [-0.2, 0) is 4.79 Å². The summed E-state index contributed by atoms with van der Waals surface area (Å²) < 4.78 is 0. The predicted molar refractivity (Wildman–Crippen MR) is 98.3 cm³/mol. The van der Waals surface area contributed by atoms with E-state index in [0.717, 1.165) is 25.9 Å². The third-order valence-electron chi connectivity index (χ3n) is 4.74. The minimum atomic E-state index is 0.0702. The zero-order valence-corrected chi connectivity index (χ0v) is 15.5. The molecule has 0 bridgehead atoms. The van der Waals surface area contributed by atoms with Crippen LogP contribution in [0.5, 0.6) is 0 Å². The molecule has 3 nitrogen and oxygen atoms in total. The molecule has 0 spiro atoms. The first-order valence-corrected chi connectivity index (χ1v) is 9.18. The SMILES string of the molecule is CCCC(CC(=O)Nc1ccc(Cl)c(Cl)c1)C1CCN(C)CC1. The molecule has 23 heavy (non-hydrogen) atoms. The van der Waals surface area contributed by atoms with Crippen LogP contribution in [0, 0.1) is 11.8 Å². The van der Waals surface area contributed by atoms with Gasteiger partial charge in [-0.15, -0.1) is 0 Å². The van der Waals surface area contributed by atoms with Gasteiger partial charge in [-0.05, 0) is 69.4 Å². The average Bonchev–Trinajstić information content (AvgIpc) is 2.51. The highest BCUT2D eigenvalue weighted by molar-refractivity contribution is 6.42. The van der Waals surface area contributed by atoms with Gasteiger partial charge in [0.05, 0.1) is 10.0 Å². The molecule has 0 aromatic heterocycles. The molecular weight excluding hydrogens is 331 g/mol. The third kappa shape index (κ3) is 5.66. The molecule has 1 fully saturated rings. The van der Waals surface area contributed by atoms with E-state index in [1.807, 2.05) is 0 Å². The van der Waals surface area contributed by atoms with Gasteiger partial charge in [0.25, 0.3) is 0 Å². The predicted octanol–water partition coefficient (Wildman–Crippen LogP) is 5.08. The molecule has 2 rings (SSSR count). The summed E-state index contributed by atoms with van der Waals surface area (Å²) in [5, 5.41) is 3.92. The van der Waals surface area contributed by atoms with Crippen LogP contribution in [0.25, 0.3) is 0 Å². The number of likely N-dealkylation sites (tertiary alicyclic amines) is 1. The van der Waals surface area contributed by atoms with Crippen molar-refractivity contribution >= 4 is 34.8 Å². The van der Waals surface area contributed by atoms with Crippen LogP contribution in [0.3, 0.4) is 0 Å². The Balaban J connectivity index is 1.93. The maximum Gasteiger partial charge on any atom is 0.224 e. The van der Waals surface area contributed by atoms with Crippen LogP contribution in [0.1, 0.15) is 39.0 Å². The molecule has 5 heteroatoms. The van der Waals surface area contributed by atoms with Crippen molar-refractivity contribution in [1.82, 2.24) is 4.90 Å². The van der Waals surface area contributed by atoms with Crippen molar-refractivity contribution in [2.75, 3.05) is 25.5 Å². The Morgan fingerprint density at radius 2 is 2.00 bits per heavy atom. The summed E-state index contributed by atoms with van der Waals surface area (Å²) >= 11 is 11.9. The Labute approximate surface area is 149 Å². The summed E-state index contributed by atoms with van der Waals surface area (Å²) in [6, 6.07) is 5.20. The Hall–Kier alpha value is -0.770. The maximum absolute atomic E-state index is 12.4. The van der Waals surface area contributed by atoms with Gasteiger partial charge in [-0.25, -0.2) is 0 Å². The maximum atomic E-state index is 12.4. The van der Waals surface area contributed by atoms with Crippen molar-refractivity contribution in [3.8, 4) is 0 Å². The number of carbonyl (C=O) groups is 1. The van der Waals surface area contributed by atoms with E-state index < -0.39 is 0 Å². The first-order valence-electron chi connectivity index (χ1n) is 8.43.